The van der Waals surface area contributed by atoms with Gasteiger partial charge in [0.25, 0.3) is 0 Å². The zero-order chi connectivity index (χ0) is 33.0. The van der Waals surface area contributed by atoms with Gasteiger partial charge in [0.05, 0.1) is 5.52 Å². The van der Waals surface area contributed by atoms with E-state index >= 15 is 0 Å². The lowest BCUT2D eigenvalue weighted by molar-refractivity contribution is 0.396. The number of aromatic nitrogens is 5. The SMILES string of the molecule is Cc1cc(SCc2ccc(-c3ccccc3-c3nnn(C(c4ccccc4)(c4ccccc4)c4ccccc4)n3)cc2)c2ccccc2n1. The fourth-order valence-corrected chi connectivity index (χ4v) is 7.71. The van der Waals surface area contributed by atoms with E-state index in [1.165, 1.54) is 15.8 Å². The lowest BCUT2D eigenvalue weighted by atomic mass is 9.77. The molecule has 0 bridgehead atoms. The third-order valence-corrected chi connectivity index (χ3v) is 10.0. The number of pyridine rings is 1. The van der Waals surface area contributed by atoms with Crippen LogP contribution in [0.2, 0.25) is 0 Å². The summed E-state index contributed by atoms with van der Waals surface area (Å²) in [6, 6.07) is 58.9. The molecule has 236 valence electrons. The highest BCUT2D eigenvalue weighted by atomic mass is 32.2. The van der Waals surface area contributed by atoms with Crippen molar-refractivity contribution in [3.8, 4) is 22.5 Å². The maximum atomic E-state index is 5.17. The van der Waals surface area contributed by atoms with E-state index in [-0.39, 0.29) is 0 Å². The van der Waals surface area contributed by atoms with E-state index in [0.29, 0.717) is 5.82 Å². The Balaban J connectivity index is 1.15. The standard InChI is InChI=1S/C43H33N5S/c1-31-29-41(39-23-13-14-24-40(39)44-31)49-30-32-25-27-33(28-26-32)37-21-11-12-22-38(37)42-45-47-48(46-42)43(34-15-5-2-6-16-34,35-17-7-3-8-18-35)36-19-9-4-10-20-36/h2-29H,30H2,1H3. The van der Waals surface area contributed by atoms with Crippen LogP contribution in [0.5, 0.6) is 0 Å². The van der Waals surface area contributed by atoms with Crippen LogP contribution in [0, 0.1) is 6.92 Å². The Bertz CT molecular complexity index is 2240. The van der Waals surface area contributed by atoms with Crippen molar-refractivity contribution in [3.63, 3.8) is 0 Å². The van der Waals surface area contributed by atoms with Gasteiger partial charge in [-0.2, -0.15) is 0 Å². The number of tetrazole rings is 1. The van der Waals surface area contributed by atoms with Crippen LogP contribution in [-0.4, -0.2) is 25.2 Å². The molecular formula is C43H33N5S. The highest BCUT2D eigenvalue weighted by Gasteiger charge is 2.41. The summed E-state index contributed by atoms with van der Waals surface area (Å²) in [6.07, 6.45) is 0. The molecule has 0 amide bonds. The van der Waals surface area contributed by atoms with Gasteiger partial charge in [-0.3, -0.25) is 4.98 Å². The second-order valence-corrected chi connectivity index (χ2v) is 13.0. The van der Waals surface area contributed by atoms with Crippen molar-refractivity contribution in [1.29, 1.82) is 0 Å². The Kier molecular flexibility index (Phi) is 8.30. The average Bonchev–Trinajstić information content (AvgIpc) is 3.66. The van der Waals surface area contributed by atoms with Crippen LogP contribution in [0.4, 0.5) is 0 Å². The normalized spacial score (nSPS) is 11.5. The number of thioether (sulfide) groups is 1. The highest BCUT2D eigenvalue weighted by Crippen LogP contribution is 2.40. The molecule has 5 nitrogen and oxygen atoms in total. The molecule has 0 radical (unpaired) electrons. The first-order valence-corrected chi connectivity index (χ1v) is 17.3. The van der Waals surface area contributed by atoms with E-state index in [2.05, 4.69) is 146 Å². The minimum Gasteiger partial charge on any atom is -0.253 e. The molecule has 6 aromatic carbocycles. The van der Waals surface area contributed by atoms with Gasteiger partial charge in [-0.1, -0.05) is 158 Å². The molecule has 2 heterocycles. The summed E-state index contributed by atoms with van der Waals surface area (Å²) in [6.45, 7) is 2.06. The summed E-state index contributed by atoms with van der Waals surface area (Å²) < 4.78 is 0. The van der Waals surface area contributed by atoms with E-state index in [4.69, 9.17) is 20.4 Å². The molecule has 0 atom stereocenters. The van der Waals surface area contributed by atoms with Crippen LogP contribution in [-0.2, 0) is 11.3 Å². The molecule has 6 heteroatoms. The van der Waals surface area contributed by atoms with Gasteiger partial charge in [0, 0.05) is 27.3 Å². The molecule has 0 N–H and O–H groups in total. The molecule has 0 aliphatic carbocycles. The Hall–Kier alpha value is -5.85. The van der Waals surface area contributed by atoms with Crippen molar-refractivity contribution < 1.29 is 0 Å². The number of rotatable bonds is 9. The first kappa shape index (κ1) is 30.5. The second kappa shape index (κ2) is 13.3. The van der Waals surface area contributed by atoms with Crippen molar-refractivity contribution in [2.24, 2.45) is 0 Å². The molecule has 0 fully saturated rings. The van der Waals surface area contributed by atoms with Gasteiger partial charge in [0.15, 0.2) is 5.54 Å². The van der Waals surface area contributed by atoms with Crippen LogP contribution in [0.1, 0.15) is 27.9 Å². The summed E-state index contributed by atoms with van der Waals surface area (Å²) in [7, 11) is 0. The Labute approximate surface area is 290 Å². The third kappa shape index (κ3) is 5.81. The minimum atomic E-state index is -0.831. The van der Waals surface area contributed by atoms with Gasteiger partial charge < -0.3 is 0 Å². The summed E-state index contributed by atoms with van der Waals surface area (Å²) in [4.78, 5) is 7.74. The Morgan fingerprint density at radius 2 is 1.14 bits per heavy atom. The van der Waals surface area contributed by atoms with E-state index in [1.807, 2.05) is 42.1 Å². The topological polar surface area (TPSA) is 56.5 Å². The smallest absolute Gasteiger partial charge is 0.205 e. The number of aryl methyl sites for hydroxylation is 1. The Morgan fingerprint density at radius 3 is 1.78 bits per heavy atom. The molecule has 0 unspecified atom stereocenters. The molecule has 0 saturated heterocycles. The second-order valence-electron chi connectivity index (χ2n) is 12.0. The number of benzene rings is 6. The number of para-hydroxylation sites is 1. The fraction of sp³-hybridized carbons (Fsp3) is 0.0698. The molecule has 49 heavy (non-hydrogen) atoms. The predicted octanol–water partition coefficient (Wildman–Crippen LogP) is 10.00. The molecular weight excluding hydrogens is 619 g/mol. The number of fused-ring (bicyclic) bond motifs is 1. The summed E-state index contributed by atoms with van der Waals surface area (Å²) in [5.74, 6) is 1.44. The van der Waals surface area contributed by atoms with Crippen LogP contribution in [0.25, 0.3) is 33.4 Å². The zero-order valence-electron chi connectivity index (χ0n) is 27.0. The summed E-state index contributed by atoms with van der Waals surface area (Å²) >= 11 is 1.85. The fourth-order valence-electron chi connectivity index (χ4n) is 6.61. The lowest BCUT2D eigenvalue weighted by Gasteiger charge is -2.34. The van der Waals surface area contributed by atoms with Crippen molar-refractivity contribution in [3.05, 3.63) is 198 Å². The maximum absolute atomic E-state index is 5.17. The minimum absolute atomic E-state index is 0.572. The largest absolute Gasteiger partial charge is 0.253 e. The highest BCUT2D eigenvalue weighted by molar-refractivity contribution is 7.98. The van der Waals surface area contributed by atoms with Crippen LogP contribution >= 0.6 is 11.8 Å². The Morgan fingerprint density at radius 1 is 0.592 bits per heavy atom. The van der Waals surface area contributed by atoms with Crippen LogP contribution in [0.15, 0.2) is 175 Å². The van der Waals surface area contributed by atoms with Gasteiger partial charge in [-0.25, -0.2) is 0 Å². The molecule has 0 aliphatic heterocycles. The van der Waals surface area contributed by atoms with Gasteiger partial charge in [-0.05, 0) is 57.7 Å². The molecule has 0 aliphatic rings. The first-order valence-electron chi connectivity index (χ1n) is 16.3. The van der Waals surface area contributed by atoms with Crippen LogP contribution < -0.4 is 0 Å². The monoisotopic (exact) mass is 651 g/mol. The van der Waals surface area contributed by atoms with Crippen molar-refractivity contribution in [2.45, 2.75) is 23.1 Å². The number of nitrogens with zero attached hydrogens (tertiary/aromatic N) is 5. The average molecular weight is 652 g/mol. The van der Waals surface area contributed by atoms with E-state index in [9.17, 15) is 0 Å². The quantitative estimate of drug-likeness (QED) is 0.115. The van der Waals surface area contributed by atoms with Gasteiger partial charge in [0.1, 0.15) is 0 Å². The molecule has 8 aromatic rings. The maximum Gasteiger partial charge on any atom is 0.205 e. The molecule has 2 aromatic heterocycles. The predicted molar refractivity (Wildman–Crippen MR) is 199 cm³/mol. The molecule has 0 spiro atoms. The van der Waals surface area contributed by atoms with E-state index in [0.717, 1.165) is 50.3 Å². The van der Waals surface area contributed by atoms with Crippen molar-refractivity contribution in [2.75, 3.05) is 0 Å². The lowest BCUT2D eigenvalue weighted by Crippen LogP contribution is -2.39. The number of hydrogen-bond acceptors (Lipinski definition) is 5. The van der Waals surface area contributed by atoms with Crippen molar-refractivity contribution in [1.82, 2.24) is 25.2 Å². The van der Waals surface area contributed by atoms with E-state index < -0.39 is 5.54 Å². The van der Waals surface area contributed by atoms with E-state index in [1.54, 1.807) is 4.80 Å². The summed E-state index contributed by atoms with van der Waals surface area (Å²) in [5, 5.41) is 15.9. The van der Waals surface area contributed by atoms with Crippen molar-refractivity contribution >= 4 is 22.7 Å². The van der Waals surface area contributed by atoms with Gasteiger partial charge >= 0.3 is 0 Å². The zero-order valence-corrected chi connectivity index (χ0v) is 27.8. The molecule has 0 saturated carbocycles. The van der Waals surface area contributed by atoms with Gasteiger partial charge in [-0.15, -0.1) is 26.8 Å². The van der Waals surface area contributed by atoms with Gasteiger partial charge in [0.2, 0.25) is 5.82 Å². The third-order valence-electron chi connectivity index (χ3n) is 8.92. The summed E-state index contributed by atoms with van der Waals surface area (Å²) in [5.41, 5.74) is 8.73. The van der Waals surface area contributed by atoms with Crippen LogP contribution in [0.3, 0.4) is 0 Å². The number of hydrogen-bond donors (Lipinski definition) is 0. The first-order chi connectivity index (χ1) is 24.2. The molecule has 8 rings (SSSR count).